The third kappa shape index (κ3) is 33.8. The van der Waals surface area contributed by atoms with E-state index in [-0.39, 0.29) is 31.5 Å². The highest BCUT2D eigenvalue weighted by Gasteiger charge is 2.19. The summed E-state index contributed by atoms with van der Waals surface area (Å²) in [6.45, 7) is 6.57. The Morgan fingerprint density at radius 2 is 1.00 bits per heavy atom. The third-order valence-electron chi connectivity index (χ3n) is 8.03. The molecule has 0 aliphatic heterocycles. The fourth-order valence-corrected chi connectivity index (χ4v) is 5.25. The molecule has 0 rings (SSSR count). The van der Waals surface area contributed by atoms with Gasteiger partial charge in [0.25, 0.3) is 0 Å². The molecule has 0 aliphatic rings. The van der Waals surface area contributed by atoms with Crippen LogP contribution in [0.3, 0.4) is 0 Å². The number of amides is 1. The molecule has 0 heterocycles. The van der Waals surface area contributed by atoms with Crippen LogP contribution in [0.25, 0.3) is 0 Å². The fraction of sp³-hybridized carbons (Fsp3) is 0.943. The van der Waals surface area contributed by atoms with Gasteiger partial charge in [0.1, 0.15) is 0 Å². The fourth-order valence-electron chi connectivity index (χ4n) is 5.25. The molecule has 0 aromatic heterocycles. The molecule has 8 heteroatoms. The quantitative estimate of drug-likeness (QED) is 0.0609. The highest BCUT2D eigenvalue weighted by Crippen LogP contribution is 2.13. The van der Waals surface area contributed by atoms with Gasteiger partial charge in [-0.15, -0.1) is 12.4 Å². The van der Waals surface area contributed by atoms with E-state index in [4.69, 9.17) is 20.3 Å². The second-order valence-electron chi connectivity index (χ2n) is 12.3. The van der Waals surface area contributed by atoms with Gasteiger partial charge in [0, 0.05) is 19.8 Å². The van der Waals surface area contributed by atoms with E-state index in [2.05, 4.69) is 19.2 Å². The van der Waals surface area contributed by atoms with Crippen molar-refractivity contribution in [2.24, 2.45) is 5.73 Å². The van der Waals surface area contributed by atoms with Crippen LogP contribution < -0.4 is 11.1 Å². The minimum atomic E-state index is -1.08. The van der Waals surface area contributed by atoms with Gasteiger partial charge in [0.05, 0.1) is 25.2 Å². The van der Waals surface area contributed by atoms with Gasteiger partial charge >= 0.3 is 5.97 Å². The van der Waals surface area contributed by atoms with Crippen molar-refractivity contribution in [1.29, 1.82) is 0 Å². The van der Waals surface area contributed by atoms with Crippen LogP contribution in [0.1, 0.15) is 174 Å². The Labute approximate surface area is 272 Å². The van der Waals surface area contributed by atoms with Gasteiger partial charge in [-0.25, -0.2) is 0 Å². The molecule has 2 unspecified atom stereocenters. The van der Waals surface area contributed by atoms with E-state index in [1.165, 1.54) is 135 Å². The van der Waals surface area contributed by atoms with E-state index in [9.17, 15) is 9.59 Å². The number of carboxylic acids is 1. The van der Waals surface area contributed by atoms with Crippen molar-refractivity contribution in [1.82, 2.24) is 5.32 Å². The summed E-state index contributed by atoms with van der Waals surface area (Å²) < 4.78 is 12.0. The molecule has 0 aromatic rings. The number of unbranched alkanes of at least 4 members (excludes halogenated alkanes) is 22. The van der Waals surface area contributed by atoms with Gasteiger partial charge < -0.3 is 25.6 Å². The number of nitrogens with one attached hydrogen (secondary N) is 1. The van der Waals surface area contributed by atoms with Crippen molar-refractivity contribution < 1.29 is 24.2 Å². The number of hydrogen-bond donors (Lipinski definition) is 3. The molecular weight excluding hydrogens is 564 g/mol. The van der Waals surface area contributed by atoms with Gasteiger partial charge in [-0.2, -0.15) is 0 Å². The molecule has 0 saturated carbocycles. The highest BCUT2D eigenvalue weighted by molar-refractivity contribution is 5.86. The van der Waals surface area contributed by atoms with E-state index in [0.717, 1.165) is 19.3 Å². The Kier molecular flexibility index (Phi) is 36.6. The maximum absolute atomic E-state index is 12.2. The minimum Gasteiger partial charge on any atom is -0.481 e. The molecular formula is C35H71ClN2O5. The van der Waals surface area contributed by atoms with Crippen LogP contribution in [0.5, 0.6) is 0 Å². The predicted octanol–water partition coefficient (Wildman–Crippen LogP) is 9.13. The van der Waals surface area contributed by atoms with Crippen LogP contribution in [-0.2, 0) is 19.1 Å². The third-order valence-corrected chi connectivity index (χ3v) is 8.03. The molecule has 0 radical (unpaired) electrons. The smallest absolute Gasteiger partial charge is 0.305 e. The molecule has 0 spiro atoms. The summed E-state index contributed by atoms with van der Waals surface area (Å²) in [7, 11) is 0. The summed E-state index contributed by atoms with van der Waals surface area (Å²) in [6.07, 6.45) is 30.7. The number of aliphatic carboxylic acids is 1. The lowest BCUT2D eigenvalue weighted by molar-refractivity contribution is -0.139. The molecule has 43 heavy (non-hydrogen) atoms. The van der Waals surface area contributed by atoms with Gasteiger partial charge in [-0.05, 0) is 12.8 Å². The lowest BCUT2D eigenvalue weighted by atomic mass is 10.1. The summed E-state index contributed by atoms with van der Waals surface area (Å²) in [5, 5.41) is 11.6. The van der Waals surface area contributed by atoms with Crippen LogP contribution in [0.4, 0.5) is 0 Å². The van der Waals surface area contributed by atoms with Gasteiger partial charge in [0.2, 0.25) is 5.91 Å². The van der Waals surface area contributed by atoms with Gasteiger partial charge in [-0.1, -0.05) is 155 Å². The number of carbonyl (C=O) groups is 2. The number of carbonyl (C=O) groups excluding carboxylic acids is 1. The first-order valence-corrected chi connectivity index (χ1v) is 18.0. The number of nitrogens with two attached hydrogens (primary N) is 1. The topological polar surface area (TPSA) is 111 Å². The first kappa shape index (κ1) is 44.2. The van der Waals surface area contributed by atoms with Crippen molar-refractivity contribution in [2.75, 3.05) is 26.4 Å². The zero-order valence-electron chi connectivity index (χ0n) is 28.2. The van der Waals surface area contributed by atoms with E-state index < -0.39 is 17.9 Å². The average molecular weight is 635 g/mol. The van der Waals surface area contributed by atoms with Crippen LogP contribution in [0.2, 0.25) is 0 Å². The van der Waals surface area contributed by atoms with Crippen molar-refractivity contribution in [3.8, 4) is 0 Å². The molecule has 1 amide bonds. The zero-order chi connectivity index (χ0) is 30.9. The molecule has 7 nitrogen and oxygen atoms in total. The maximum atomic E-state index is 12.2. The van der Waals surface area contributed by atoms with Crippen molar-refractivity contribution in [2.45, 2.75) is 187 Å². The van der Waals surface area contributed by atoms with Crippen LogP contribution in [0, 0.1) is 0 Å². The Morgan fingerprint density at radius 1 is 0.628 bits per heavy atom. The number of ether oxygens (including phenoxy) is 2. The summed E-state index contributed by atoms with van der Waals surface area (Å²) in [6, 6.07) is -1.05. The average Bonchev–Trinajstić information content (AvgIpc) is 2.97. The number of hydrogen-bond acceptors (Lipinski definition) is 5. The normalized spacial score (nSPS) is 12.5. The van der Waals surface area contributed by atoms with Crippen molar-refractivity contribution in [3.05, 3.63) is 0 Å². The number of carboxylic acid groups (broad SMARTS) is 1. The monoisotopic (exact) mass is 635 g/mol. The maximum Gasteiger partial charge on any atom is 0.305 e. The Balaban J connectivity index is 0. The van der Waals surface area contributed by atoms with E-state index >= 15 is 0 Å². The van der Waals surface area contributed by atoms with Crippen LogP contribution >= 0.6 is 12.4 Å². The number of rotatable bonds is 34. The minimum absolute atomic E-state index is 0. The Bertz CT molecular complexity index is 597. The first-order chi connectivity index (χ1) is 20.5. The second kappa shape index (κ2) is 35.6. The SMILES string of the molecule is CCCCCCCCCCCCCCOCC(CNC(=O)C(N)CC(=O)O)OCCCCCCCCCCCCCC.Cl. The van der Waals surface area contributed by atoms with Gasteiger partial charge in [0.15, 0.2) is 0 Å². The molecule has 0 bridgehead atoms. The highest BCUT2D eigenvalue weighted by atomic mass is 35.5. The molecule has 4 N–H and O–H groups in total. The first-order valence-electron chi connectivity index (χ1n) is 18.0. The Morgan fingerprint density at radius 3 is 1.40 bits per heavy atom. The lowest BCUT2D eigenvalue weighted by Crippen LogP contribution is -2.45. The summed E-state index contributed by atoms with van der Waals surface area (Å²) in [5.41, 5.74) is 5.70. The summed E-state index contributed by atoms with van der Waals surface area (Å²) in [4.78, 5) is 23.0. The molecule has 258 valence electrons. The lowest BCUT2D eigenvalue weighted by Gasteiger charge is -2.20. The van der Waals surface area contributed by atoms with Crippen molar-refractivity contribution >= 4 is 24.3 Å². The van der Waals surface area contributed by atoms with Crippen LogP contribution in [-0.4, -0.2) is 55.5 Å². The van der Waals surface area contributed by atoms with Crippen molar-refractivity contribution in [3.63, 3.8) is 0 Å². The van der Waals surface area contributed by atoms with Gasteiger partial charge in [-0.3, -0.25) is 9.59 Å². The summed E-state index contributed by atoms with van der Waals surface area (Å²) >= 11 is 0. The zero-order valence-corrected chi connectivity index (χ0v) is 29.0. The largest absolute Gasteiger partial charge is 0.481 e. The predicted molar refractivity (Wildman–Crippen MR) is 183 cm³/mol. The molecule has 0 aromatic carbocycles. The van der Waals surface area contributed by atoms with E-state index in [0.29, 0.717) is 19.8 Å². The van der Waals surface area contributed by atoms with E-state index in [1.54, 1.807) is 0 Å². The van der Waals surface area contributed by atoms with E-state index in [1.807, 2.05) is 0 Å². The van der Waals surface area contributed by atoms with Crippen LogP contribution in [0.15, 0.2) is 0 Å². The standard InChI is InChI=1S/C35H70N2O5.ClH/c1-3-5-7-9-11-13-15-17-19-21-23-25-27-41-31-32(30-37-35(40)33(36)29-34(38)39)42-28-26-24-22-20-18-16-14-12-10-8-6-4-2;/h32-33H,3-31,36H2,1-2H3,(H,37,40)(H,38,39);1H. The molecule has 0 fully saturated rings. The Hall–Kier alpha value is -0.890. The number of halogens is 1. The second-order valence-corrected chi connectivity index (χ2v) is 12.3. The summed E-state index contributed by atoms with van der Waals surface area (Å²) in [5.74, 6) is -1.54. The molecule has 2 atom stereocenters. The molecule has 0 aliphatic carbocycles. The molecule has 0 saturated heterocycles.